The summed E-state index contributed by atoms with van der Waals surface area (Å²) >= 11 is 0. The van der Waals surface area contributed by atoms with Gasteiger partial charge in [-0.3, -0.25) is 0 Å². The van der Waals surface area contributed by atoms with Gasteiger partial charge in [-0.1, -0.05) is 34.6 Å². The van der Waals surface area contributed by atoms with Crippen molar-refractivity contribution in [1.82, 2.24) is 10.2 Å². The van der Waals surface area contributed by atoms with Crippen LogP contribution in [0.5, 0.6) is 0 Å². The maximum absolute atomic E-state index is 3.96. The van der Waals surface area contributed by atoms with Crippen molar-refractivity contribution < 1.29 is 0 Å². The number of fused-ring (bicyclic) bond motifs is 2. The predicted octanol–water partition coefficient (Wildman–Crippen LogP) is 3.52. The summed E-state index contributed by atoms with van der Waals surface area (Å²) < 4.78 is 0. The summed E-state index contributed by atoms with van der Waals surface area (Å²) in [5.74, 6) is 0.940. The van der Waals surface area contributed by atoms with Gasteiger partial charge < -0.3 is 10.2 Å². The second kappa shape index (κ2) is 5.37. The van der Waals surface area contributed by atoms with Crippen molar-refractivity contribution in [3.8, 4) is 0 Å². The van der Waals surface area contributed by atoms with Crippen molar-refractivity contribution in [2.75, 3.05) is 19.6 Å². The maximum atomic E-state index is 3.96. The molecule has 0 heterocycles. The molecule has 0 aliphatic heterocycles. The van der Waals surface area contributed by atoms with Crippen molar-refractivity contribution in [3.05, 3.63) is 0 Å². The highest BCUT2D eigenvalue weighted by molar-refractivity contribution is 5.13. The lowest BCUT2D eigenvalue weighted by Gasteiger charge is -2.41. The molecule has 0 aromatic carbocycles. The molecule has 0 aromatic heterocycles. The molecule has 2 aliphatic rings. The zero-order valence-electron chi connectivity index (χ0n) is 13.9. The Hall–Kier alpha value is -0.0800. The molecule has 2 saturated carbocycles. The predicted molar refractivity (Wildman–Crippen MR) is 83.4 cm³/mol. The largest absolute Gasteiger partial charge is 0.310 e. The molecule has 0 spiro atoms. The summed E-state index contributed by atoms with van der Waals surface area (Å²) in [4.78, 5) is 2.53. The molecular formula is C17H34N2. The Morgan fingerprint density at radius 3 is 2.26 bits per heavy atom. The second-order valence-corrected chi connectivity index (χ2v) is 7.72. The molecule has 1 N–H and O–H groups in total. The summed E-state index contributed by atoms with van der Waals surface area (Å²) in [5, 5.41) is 3.96. The van der Waals surface area contributed by atoms with E-state index in [9.17, 15) is 0 Å². The normalized spacial score (nSPS) is 38.1. The molecule has 112 valence electrons. The SMILES string of the molecule is CCN(CC)CC(C)NC1CC2CCC1(C)C2(C)C. The Balaban J connectivity index is 1.94. The van der Waals surface area contributed by atoms with E-state index < -0.39 is 0 Å². The third kappa shape index (κ3) is 2.47. The zero-order chi connectivity index (χ0) is 14.3. The lowest BCUT2D eigenvalue weighted by Crippen LogP contribution is -2.50. The summed E-state index contributed by atoms with van der Waals surface area (Å²) in [6.45, 7) is 17.9. The van der Waals surface area contributed by atoms with E-state index in [-0.39, 0.29) is 0 Å². The van der Waals surface area contributed by atoms with Gasteiger partial charge in [0.05, 0.1) is 0 Å². The molecular weight excluding hydrogens is 232 g/mol. The lowest BCUT2D eigenvalue weighted by atomic mass is 9.69. The molecule has 4 unspecified atom stereocenters. The van der Waals surface area contributed by atoms with Crippen LogP contribution >= 0.6 is 0 Å². The van der Waals surface area contributed by atoms with Crippen LogP contribution in [-0.2, 0) is 0 Å². The summed E-state index contributed by atoms with van der Waals surface area (Å²) in [7, 11) is 0. The standard InChI is InChI=1S/C17H34N2/c1-7-19(8-2)12-13(3)18-15-11-14-9-10-17(15,6)16(14,4)5/h13-15,18H,7-12H2,1-6H3. The third-order valence-corrected chi connectivity index (χ3v) is 6.71. The Kier molecular flexibility index (Phi) is 4.32. The lowest BCUT2D eigenvalue weighted by molar-refractivity contribution is 0.112. The highest BCUT2D eigenvalue weighted by Crippen LogP contribution is 2.65. The Labute approximate surface area is 120 Å². The summed E-state index contributed by atoms with van der Waals surface area (Å²) in [6.07, 6.45) is 4.26. The second-order valence-electron chi connectivity index (χ2n) is 7.72. The first-order valence-corrected chi connectivity index (χ1v) is 8.33. The number of nitrogens with one attached hydrogen (secondary N) is 1. The van der Waals surface area contributed by atoms with Crippen LogP contribution in [0.2, 0.25) is 0 Å². The number of likely N-dealkylation sites (N-methyl/N-ethyl adjacent to an activating group) is 1. The molecule has 0 saturated heterocycles. The quantitative estimate of drug-likeness (QED) is 0.791. The van der Waals surface area contributed by atoms with Gasteiger partial charge in [-0.2, -0.15) is 0 Å². The van der Waals surface area contributed by atoms with E-state index in [0.29, 0.717) is 16.9 Å². The Bertz CT molecular complexity index is 308. The fraction of sp³-hybridized carbons (Fsp3) is 1.00. The van der Waals surface area contributed by atoms with Crippen molar-refractivity contribution >= 4 is 0 Å². The smallest absolute Gasteiger partial charge is 0.0169 e. The molecule has 2 aliphatic carbocycles. The highest BCUT2D eigenvalue weighted by atomic mass is 15.1. The van der Waals surface area contributed by atoms with Crippen LogP contribution in [-0.4, -0.2) is 36.6 Å². The minimum atomic E-state index is 0.509. The zero-order valence-corrected chi connectivity index (χ0v) is 13.9. The van der Waals surface area contributed by atoms with Crippen LogP contribution < -0.4 is 5.32 Å². The van der Waals surface area contributed by atoms with Crippen molar-refractivity contribution in [2.24, 2.45) is 16.7 Å². The van der Waals surface area contributed by atoms with E-state index >= 15 is 0 Å². The van der Waals surface area contributed by atoms with Gasteiger partial charge in [-0.05, 0) is 56.0 Å². The van der Waals surface area contributed by atoms with Gasteiger partial charge in [0.25, 0.3) is 0 Å². The topological polar surface area (TPSA) is 15.3 Å². The van der Waals surface area contributed by atoms with Crippen molar-refractivity contribution in [2.45, 2.75) is 72.9 Å². The molecule has 2 fully saturated rings. The highest BCUT2D eigenvalue weighted by Gasteiger charge is 2.61. The van der Waals surface area contributed by atoms with Gasteiger partial charge in [-0.25, -0.2) is 0 Å². The molecule has 0 aromatic rings. The number of hydrogen-bond donors (Lipinski definition) is 1. The molecule has 2 heteroatoms. The van der Waals surface area contributed by atoms with Crippen LogP contribution in [0.15, 0.2) is 0 Å². The van der Waals surface area contributed by atoms with Crippen LogP contribution in [0.1, 0.15) is 60.8 Å². The fourth-order valence-corrected chi connectivity index (χ4v) is 4.72. The Morgan fingerprint density at radius 2 is 1.84 bits per heavy atom. The van der Waals surface area contributed by atoms with E-state index in [2.05, 4.69) is 51.8 Å². The van der Waals surface area contributed by atoms with Crippen LogP contribution in [0.3, 0.4) is 0 Å². The third-order valence-electron chi connectivity index (χ3n) is 6.71. The first-order chi connectivity index (χ1) is 8.85. The van der Waals surface area contributed by atoms with E-state index in [4.69, 9.17) is 0 Å². The van der Waals surface area contributed by atoms with E-state index in [1.54, 1.807) is 0 Å². The first-order valence-electron chi connectivity index (χ1n) is 8.33. The monoisotopic (exact) mass is 266 g/mol. The van der Waals surface area contributed by atoms with E-state index in [1.807, 2.05) is 0 Å². The average Bonchev–Trinajstić information content (AvgIpc) is 2.69. The molecule has 0 radical (unpaired) electrons. The average molecular weight is 266 g/mol. The van der Waals surface area contributed by atoms with Gasteiger partial charge in [-0.15, -0.1) is 0 Å². The van der Waals surface area contributed by atoms with Gasteiger partial charge in [0, 0.05) is 18.6 Å². The molecule has 19 heavy (non-hydrogen) atoms. The van der Waals surface area contributed by atoms with Crippen LogP contribution in [0.25, 0.3) is 0 Å². The first kappa shape index (κ1) is 15.3. The molecule has 4 atom stereocenters. The van der Waals surface area contributed by atoms with Gasteiger partial charge in [0.15, 0.2) is 0 Å². The molecule has 2 rings (SSSR count). The fourth-order valence-electron chi connectivity index (χ4n) is 4.72. The summed E-state index contributed by atoms with van der Waals surface area (Å²) in [6, 6.07) is 1.34. The minimum absolute atomic E-state index is 0.509. The van der Waals surface area contributed by atoms with E-state index in [0.717, 1.165) is 12.0 Å². The van der Waals surface area contributed by atoms with Gasteiger partial charge >= 0.3 is 0 Å². The molecule has 2 bridgehead atoms. The van der Waals surface area contributed by atoms with Crippen LogP contribution in [0, 0.1) is 16.7 Å². The molecule has 0 amide bonds. The number of nitrogens with zero attached hydrogens (tertiary/aromatic N) is 1. The minimum Gasteiger partial charge on any atom is -0.310 e. The van der Waals surface area contributed by atoms with E-state index in [1.165, 1.54) is 38.9 Å². The van der Waals surface area contributed by atoms with Crippen LogP contribution in [0.4, 0.5) is 0 Å². The van der Waals surface area contributed by atoms with Gasteiger partial charge in [0.2, 0.25) is 0 Å². The molecule has 2 nitrogen and oxygen atoms in total. The van der Waals surface area contributed by atoms with Crippen molar-refractivity contribution in [3.63, 3.8) is 0 Å². The number of rotatable bonds is 6. The Morgan fingerprint density at radius 1 is 1.21 bits per heavy atom. The summed E-state index contributed by atoms with van der Waals surface area (Å²) in [5.41, 5.74) is 1.04. The van der Waals surface area contributed by atoms with Crippen molar-refractivity contribution in [1.29, 1.82) is 0 Å². The number of hydrogen-bond acceptors (Lipinski definition) is 2. The van der Waals surface area contributed by atoms with Gasteiger partial charge in [0.1, 0.15) is 0 Å². The maximum Gasteiger partial charge on any atom is 0.0169 e.